The van der Waals surface area contributed by atoms with Crippen molar-refractivity contribution in [1.29, 1.82) is 0 Å². The van der Waals surface area contributed by atoms with Crippen LogP contribution in [0.25, 0.3) is 45.7 Å². The Balaban J connectivity index is 2.21. The second kappa shape index (κ2) is 7.94. The van der Waals surface area contributed by atoms with E-state index in [4.69, 9.17) is 0 Å². The highest BCUT2D eigenvalue weighted by Crippen LogP contribution is 2.43. The van der Waals surface area contributed by atoms with Crippen molar-refractivity contribution in [1.82, 2.24) is 0 Å². The molecule has 1 aliphatic carbocycles. The molecule has 2 nitrogen and oxygen atoms in total. The summed E-state index contributed by atoms with van der Waals surface area (Å²) in [5.41, 5.74) is 9.14. The highest BCUT2D eigenvalue weighted by molar-refractivity contribution is 6.63. The van der Waals surface area contributed by atoms with E-state index < -0.39 is 7.12 Å². The van der Waals surface area contributed by atoms with Crippen molar-refractivity contribution in [3.8, 4) is 11.1 Å². The Bertz CT molecular complexity index is 1230. The molecule has 0 saturated carbocycles. The van der Waals surface area contributed by atoms with Crippen LogP contribution in [0, 0.1) is 0 Å². The van der Waals surface area contributed by atoms with E-state index in [0.29, 0.717) is 11.0 Å². The number of allylic oxidation sites excluding steroid dienone is 2. The first-order chi connectivity index (χ1) is 14.6. The molecule has 1 aliphatic rings. The molecule has 0 amide bonds. The molecule has 0 unspecified atom stereocenters. The van der Waals surface area contributed by atoms with Crippen molar-refractivity contribution in [3.05, 3.63) is 90.0 Å². The topological polar surface area (TPSA) is 40.5 Å². The second-order valence-electron chi connectivity index (χ2n) is 7.52. The maximum absolute atomic E-state index is 10.2. The van der Waals surface area contributed by atoms with Gasteiger partial charge in [0.2, 0.25) is 0 Å². The average Bonchev–Trinajstić information content (AvgIpc) is 3.19. The van der Waals surface area contributed by atoms with E-state index in [0.717, 1.165) is 45.9 Å². The Labute approximate surface area is 178 Å². The van der Waals surface area contributed by atoms with Gasteiger partial charge in [0.1, 0.15) is 0 Å². The SMILES string of the molecule is C=Cc1c(-c2c(C=C)c(C=C)c(B(O)O)c3ccccc23)ccc2c1/C(=C\C)CC2. The van der Waals surface area contributed by atoms with E-state index >= 15 is 0 Å². The number of aryl methyl sites for hydroxylation is 1. The van der Waals surface area contributed by atoms with Gasteiger partial charge in [0, 0.05) is 0 Å². The van der Waals surface area contributed by atoms with E-state index in [-0.39, 0.29) is 0 Å². The first-order valence-electron chi connectivity index (χ1n) is 10.2. The smallest absolute Gasteiger partial charge is 0.423 e. The molecule has 148 valence electrons. The van der Waals surface area contributed by atoms with Crippen LogP contribution >= 0.6 is 0 Å². The summed E-state index contributed by atoms with van der Waals surface area (Å²) in [6.45, 7) is 14.2. The van der Waals surface area contributed by atoms with Crippen molar-refractivity contribution in [3.63, 3.8) is 0 Å². The Morgan fingerprint density at radius 1 is 0.800 bits per heavy atom. The molecule has 3 aromatic carbocycles. The third-order valence-electron chi connectivity index (χ3n) is 6.14. The summed E-state index contributed by atoms with van der Waals surface area (Å²) in [5, 5.41) is 22.1. The summed E-state index contributed by atoms with van der Waals surface area (Å²) in [6, 6.07) is 12.2. The lowest BCUT2D eigenvalue weighted by Crippen LogP contribution is -2.33. The van der Waals surface area contributed by atoms with Gasteiger partial charge < -0.3 is 10.0 Å². The molecule has 4 rings (SSSR count). The third kappa shape index (κ3) is 2.90. The van der Waals surface area contributed by atoms with E-state index in [1.54, 1.807) is 12.2 Å². The van der Waals surface area contributed by atoms with Crippen molar-refractivity contribution in [2.24, 2.45) is 0 Å². The fourth-order valence-electron chi connectivity index (χ4n) is 4.87. The van der Waals surface area contributed by atoms with Gasteiger partial charge >= 0.3 is 7.12 Å². The molecule has 0 aliphatic heterocycles. The van der Waals surface area contributed by atoms with Gasteiger partial charge in [-0.25, -0.2) is 0 Å². The van der Waals surface area contributed by atoms with Crippen LogP contribution in [0.2, 0.25) is 0 Å². The Kier molecular flexibility index (Phi) is 5.34. The number of hydrogen-bond acceptors (Lipinski definition) is 2. The van der Waals surface area contributed by atoms with Crippen LogP contribution in [-0.4, -0.2) is 17.2 Å². The molecule has 2 N–H and O–H groups in total. The second-order valence-corrected chi connectivity index (χ2v) is 7.52. The van der Waals surface area contributed by atoms with E-state index in [9.17, 15) is 10.0 Å². The summed E-state index contributed by atoms with van der Waals surface area (Å²) in [7, 11) is -1.61. The van der Waals surface area contributed by atoms with Crippen molar-refractivity contribution in [2.75, 3.05) is 0 Å². The fraction of sp³-hybridized carbons (Fsp3) is 0.111. The van der Waals surface area contributed by atoms with Gasteiger partial charge in [-0.1, -0.05) is 80.4 Å². The number of rotatable bonds is 5. The minimum Gasteiger partial charge on any atom is -0.423 e. The van der Waals surface area contributed by atoms with Gasteiger partial charge in [0.05, 0.1) is 0 Å². The zero-order valence-electron chi connectivity index (χ0n) is 17.3. The molecule has 0 atom stereocenters. The monoisotopic (exact) mass is 392 g/mol. The molecule has 30 heavy (non-hydrogen) atoms. The summed E-state index contributed by atoms with van der Waals surface area (Å²) in [5.74, 6) is 0. The van der Waals surface area contributed by atoms with Gasteiger partial charge in [-0.05, 0) is 80.5 Å². The Morgan fingerprint density at radius 2 is 1.47 bits per heavy atom. The van der Waals surface area contributed by atoms with Gasteiger partial charge in [0.25, 0.3) is 0 Å². The van der Waals surface area contributed by atoms with Gasteiger partial charge in [-0.3, -0.25) is 0 Å². The predicted molar refractivity (Wildman–Crippen MR) is 131 cm³/mol. The largest absolute Gasteiger partial charge is 0.489 e. The van der Waals surface area contributed by atoms with Crippen LogP contribution in [0.1, 0.15) is 41.2 Å². The normalized spacial score (nSPS) is 14.0. The minimum atomic E-state index is -1.61. The standard InChI is InChI=1S/C27H25BO2/c1-5-17-13-14-18-15-16-23(20(7-3)25(17)18)26-19(6-2)21(8-4)27(28(29)30)24-12-10-9-11-22(24)26/h5-12,15-16,29-30H,2-4,13-14H2,1H3/b17-5-. The zero-order chi connectivity index (χ0) is 21.4. The number of benzene rings is 3. The van der Waals surface area contributed by atoms with Crippen molar-refractivity contribution < 1.29 is 10.0 Å². The maximum Gasteiger partial charge on any atom is 0.489 e. The van der Waals surface area contributed by atoms with Crippen LogP contribution < -0.4 is 5.46 Å². The van der Waals surface area contributed by atoms with E-state index in [2.05, 4.69) is 44.9 Å². The summed E-state index contributed by atoms with van der Waals surface area (Å²) in [4.78, 5) is 0. The van der Waals surface area contributed by atoms with Crippen LogP contribution in [0.3, 0.4) is 0 Å². The lowest BCUT2D eigenvalue weighted by atomic mass is 9.70. The van der Waals surface area contributed by atoms with Crippen LogP contribution in [0.4, 0.5) is 0 Å². The highest BCUT2D eigenvalue weighted by atomic mass is 16.4. The molecule has 0 spiro atoms. The molecule has 0 saturated heterocycles. The minimum absolute atomic E-state index is 0.453. The van der Waals surface area contributed by atoms with Crippen molar-refractivity contribution in [2.45, 2.75) is 19.8 Å². The molecular formula is C27H25BO2. The zero-order valence-corrected chi connectivity index (χ0v) is 17.3. The number of hydrogen-bond donors (Lipinski definition) is 2. The first-order valence-corrected chi connectivity index (χ1v) is 10.2. The van der Waals surface area contributed by atoms with Gasteiger partial charge in [0.15, 0.2) is 0 Å². The van der Waals surface area contributed by atoms with E-state index in [1.807, 2.05) is 30.3 Å². The summed E-state index contributed by atoms with van der Waals surface area (Å²) in [6.07, 6.45) is 9.67. The molecule has 0 heterocycles. The predicted octanol–water partition coefficient (Wildman–Crippen LogP) is 5.47. The molecule has 3 heteroatoms. The summed E-state index contributed by atoms with van der Waals surface area (Å²) < 4.78 is 0. The molecule has 0 bridgehead atoms. The fourth-order valence-corrected chi connectivity index (χ4v) is 4.87. The molecular weight excluding hydrogens is 367 g/mol. The molecule has 0 fully saturated rings. The number of fused-ring (bicyclic) bond motifs is 2. The van der Waals surface area contributed by atoms with Gasteiger partial charge in [-0.2, -0.15) is 0 Å². The van der Waals surface area contributed by atoms with E-state index in [1.165, 1.54) is 16.7 Å². The highest BCUT2D eigenvalue weighted by Gasteiger charge is 2.27. The molecule has 3 aromatic rings. The van der Waals surface area contributed by atoms with Crippen LogP contribution in [0.15, 0.2) is 62.2 Å². The Hall–Kier alpha value is -3.14. The molecule has 0 aromatic heterocycles. The van der Waals surface area contributed by atoms with Crippen molar-refractivity contribution >= 4 is 47.2 Å². The Morgan fingerprint density at radius 3 is 2.07 bits per heavy atom. The molecule has 0 radical (unpaired) electrons. The average molecular weight is 392 g/mol. The summed E-state index contributed by atoms with van der Waals surface area (Å²) >= 11 is 0. The third-order valence-corrected chi connectivity index (χ3v) is 6.14. The quantitative estimate of drug-likeness (QED) is 0.566. The van der Waals surface area contributed by atoms with Crippen LogP contribution in [0.5, 0.6) is 0 Å². The lowest BCUT2D eigenvalue weighted by molar-refractivity contribution is 0.426. The maximum atomic E-state index is 10.2. The lowest BCUT2D eigenvalue weighted by Gasteiger charge is -2.22. The first kappa shape index (κ1) is 20.2. The van der Waals surface area contributed by atoms with Gasteiger partial charge in [-0.15, -0.1) is 0 Å². The van der Waals surface area contributed by atoms with Crippen LogP contribution in [-0.2, 0) is 6.42 Å².